The summed E-state index contributed by atoms with van der Waals surface area (Å²) >= 11 is 5.48. The van der Waals surface area contributed by atoms with Crippen LogP contribution in [-0.4, -0.2) is 23.9 Å². The van der Waals surface area contributed by atoms with Gasteiger partial charge in [-0.25, -0.2) is 4.39 Å². The topological polar surface area (TPSA) is 84.3 Å². The van der Waals surface area contributed by atoms with Gasteiger partial charge in [0.1, 0.15) is 11.5 Å². The fourth-order valence-corrected chi connectivity index (χ4v) is 1.58. The Bertz CT molecular complexity index is 496. The molecule has 104 valence electrons. The number of hydrogen-bond donors (Lipinski definition) is 2. The Hall–Kier alpha value is -1.89. The van der Waals surface area contributed by atoms with E-state index >= 15 is 0 Å². The van der Waals surface area contributed by atoms with E-state index in [0.717, 1.165) is 12.1 Å². The molecule has 0 heterocycles. The molecule has 1 amide bonds. The molecule has 19 heavy (non-hydrogen) atoms. The highest BCUT2D eigenvalue weighted by molar-refractivity contribution is 6.31. The van der Waals surface area contributed by atoms with E-state index in [0.29, 0.717) is 6.54 Å². The molecule has 0 aromatic heterocycles. The Kier molecular flexibility index (Phi) is 5.50. The van der Waals surface area contributed by atoms with Gasteiger partial charge < -0.3 is 10.6 Å². The Morgan fingerprint density at radius 3 is 2.79 bits per heavy atom. The van der Waals surface area contributed by atoms with Crippen LogP contribution in [0.15, 0.2) is 12.1 Å². The molecule has 0 fully saturated rings. The Balaban J connectivity index is 2.74. The second-order valence-corrected chi connectivity index (χ2v) is 4.08. The number of nitrogens with one attached hydrogen (secondary N) is 2. The minimum absolute atomic E-state index is 0.00352. The van der Waals surface area contributed by atoms with Crippen LogP contribution in [0.2, 0.25) is 5.02 Å². The van der Waals surface area contributed by atoms with Gasteiger partial charge in [-0.3, -0.25) is 14.9 Å². The number of rotatable bonds is 6. The second kappa shape index (κ2) is 6.89. The summed E-state index contributed by atoms with van der Waals surface area (Å²) in [6, 6.07) is 1.88. The zero-order chi connectivity index (χ0) is 14.4. The first-order valence-electron chi connectivity index (χ1n) is 5.59. The molecule has 0 radical (unpaired) electrons. The van der Waals surface area contributed by atoms with Crippen molar-refractivity contribution in [3.8, 4) is 0 Å². The van der Waals surface area contributed by atoms with Crippen LogP contribution in [0.5, 0.6) is 0 Å². The predicted octanol–water partition coefficient (Wildman–Crippen LogP) is 2.33. The quantitative estimate of drug-likeness (QED) is 0.622. The number of nitro benzene ring substituents is 1. The monoisotopic (exact) mass is 289 g/mol. The van der Waals surface area contributed by atoms with E-state index in [1.807, 2.05) is 0 Å². The first kappa shape index (κ1) is 15.2. The van der Waals surface area contributed by atoms with Gasteiger partial charge in [0.2, 0.25) is 5.91 Å². The summed E-state index contributed by atoms with van der Waals surface area (Å²) in [4.78, 5) is 21.3. The number of benzene rings is 1. The third-order valence-corrected chi connectivity index (χ3v) is 2.57. The summed E-state index contributed by atoms with van der Waals surface area (Å²) in [5.74, 6) is -0.945. The highest BCUT2D eigenvalue weighted by Crippen LogP contribution is 2.30. The smallest absolute Gasteiger partial charge is 0.294 e. The van der Waals surface area contributed by atoms with Crippen molar-refractivity contribution in [2.45, 2.75) is 13.3 Å². The molecule has 0 spiro atoms. The van der Waals surface area contributed by atoms with Crippen LogP contribution < -0.4 is 10.6 Å². The van der Waals surface area contributed by atoms with Crippen LogP contribution in [0.4, 0.5) is 15.8 Å². The van der Waals surface area contributed by atoms with Gasteiger partial charge >= 0.3 is 0 Å². The summed E-state index contributed by atoms with van der Waals surface area (Å²) in [5.41, 5.74) is -0.335. The molecule has 0 saturated carbocycles. The predicted molar refractivity (Wildman–Crippen MR) is 69.9 cm³/mol. The van der Waals surface area contributed by atoms with Gasteiger partial charge in [-0.2, -0.15) is 0 Å². The Labute approximate surface area is 114 Å². The lowest BCUT2D eigenvalue weighted by Crippen LogP contribution is -2.24. The first-order chi connectivity index (χ1) is 8.95. The van der Waals surface area contributed by atoms with Crippen molar-refractivity contribution in [2.75, 3.05) is 18.4 Å². The van der Waals surface area contributed by atoms with Gasteiger partial charge in [-0.05, 0) is 6.92 Å². The lowest BCUT2D eigenvalue weighted by molar-refractivity contribution is -0.384. The standard InChI is InChI=1S/C11H13ClFN3O3/c1-2-14-11(17)3-4-15-9-6-8(13)7(12)5-10(9)16(18)19/h5-6,15H,2-4H2,1H3,(H,14,17). The SMILES string of the molecule is CCNC(=O)CCNc1cc(F)c(Cl)cc1[N+](=O)[O-]. The number of nitrogens with zero attached hydrogens (tertiary/aromatic N) is 1. The van der Waals surface area contributed by atoms with Gasteiger partial charge in [0.15, 0.2) is 0 Å². The summed E-state index contributed by atoms with van der Waals surface area (Å²) in [6.45, 7) is 2.45. The van der Waals surface area contributed by atoms with Crippen molar-refractivity contribution in [3.05, 3.63) is 33.1 Å². The first-order valence-corrected chi connectivity index (χ1v) is 5.97. The molecule has 8 heteroatoms. The lowest BCUT2D eigenvalue weighted by Gasteiger charge is -2.08. The molecule has 1 aromatic carbocycles. The van der Waals surface area contributed by atoms with Crippen molar-refractivity contribution in [2.24, 2.45) is 0 Å². The number of carbonyl (C=O) groups is 1. The molecule has 0 aliphatic heterocycles. The summed E-state index contributed by atoms with van der Waals surface area (Å²) < 4.78 is 13.3. The van der Waals surface area contributed by atoms with Crippen LogP contribution in [0.3, 0.4) is 0 Å². The highest BCUT2D eigenvalue weighted by Gasteiger charge is 2.17. The zero-order valence-corrected chi connectivity index (χ0v) is 11.0. The fraction of sp³-hybridized carbons (Fsp3) is 0.364. The molecule has 0 aliphatic rings. The van der Waals surface area contributed by atoms with Crippen molar-refractivity contribution in [3.63, 3.8) is 0 Å². The molecule has 1 rings (SSSR count). The van der Waals surface area contributed by atoms with Crippen molar-refractivity contribution in [1.82, 2.24) is 5.32 Å². The van der Waals surface area contributed by atoms with Crippen molar-refractivity contribution < 1.29 is 14.1 Å². The van der Waals surface area contributed by atoms with E-state index in [1.165, 1.54) is 0 Å². The van der Waals surface area contributed by atoms with Gasteiger partial charge in [0, 0.05) is 31.6 Å². The third kappa shape index (κ3) is 4.36. The fourth-order valence-electron chi connectivity index (χ4n) is 1.43. The van der Waals surface area contributed by atoms with Crippen molar-refractivity contribution in [1.29, 1.82) is 0 Å². The largest absolute Gasteiger partial charge is 0.379 e. The second-order valence-electron chi connectivity index (χ2n) is 3.67. The number of nitro groups is 1. The van der Waals surface area contributed by atoms with E-state index in [2.05, 4.69) is 10.6 Å². The summed E-state index contributed by atoms with van der Waals surface area (Å²) in [7, 11) is 0. The zero-order valence-electron chi connectivity index (χ0n) is 10.2. The van der Waals surface area contributed by atoms with Gasteiger partial charge in [0.05, 0.1) is 9.95 Å². The summed E-state index contributed by atoms with van der Waals surface area (Å²) in [6.07, 6.45) is 0.134. The van der Waals surface area contributed by atoms with E-state index in [9.17, 15) is 19.3 Å². The number of carbonyl (C=O) groups excluding carboxylic acids is 1. The van der Waals surface area contributed by atoms with Crippen LogP contribution in [0.25, 0.3) is 0 Å². The van der Waals surface area contributed by atoms with Gasteiger partial charge in [-0.1, -0.05) is 11.6 Å². The molecule has 6 nitrogen and oxygen atoms in total. The average molecular weight is 290 g/mol. The van der Waals surface area contributed by atoms with E-state index in [-0.39, 0.29) is 35.3 Å². The normalized spacial score (nSPS) is 10.1. The number of halogens is 2. The van der Waals surface area contributed by atoms with Crippen LogP contribution in [0, 0.1) is 15.9 Å². The van der Waals surface area contributed by atoms with Crippen molar-refractivity contribution >= 4 is 28.9 Å². The Morgan fingerprint density at radius 1 is 1.53 bits per heavy atom. The molecular formula is C11H13ClFN3O3. The highest BCUT2D eigenvalue weighted by atomic mass is 35.5. The molecule has 1 aromatic rings. The van der Waals surface area contributed by atoms with Gasteiger partial charge in [-0.15, -0.1) is 0 Å². The lowest BCUT2D eigenvalue weighted by atomic mass is 10.2. The molecule has 2 N–H and O–H groups in total. The van der Waals surface area contributed by atoms with Crippen LogP contribution in [-0.2, 0) is 4.79 Å². The molecule has 0 bridgehead atoms. The maximum atomic E-state index is 13.3. The average Bonchev–Trinajstić information content (AvgIpc) is 2.33. The molecular weight excluding hydrogens is 277 g/mol. The number of amides is 1. The molecule has 0 aliphatic carbocycles. The van der Waals surface area contributed by atoms with Gasteiger partial charge in [0.25, 0.3) is 5.69 Å². The van der Waals surface area contributed by atoms with E-state index in [1.54, 1.807) is 6.92 Å². The van der Waals surface area contributed by atoms with Crippen LogP contribution >= 0.6 is 11.6 Å². The number of anilines is 1. The summed E-state index contributed by atoms with van der Waals surface area (Å²) in [5, 5.41) is 15.7. The molecule has 0 saturated heterocycles. The molecule has 0 unspecified atom stereocenters. The van der Waals surface area contributed by atoms with Crippen LogP contribution in [0.1, 0.15) is 13.3 Å². The molecule has 0 atom stereocenters. The minimum atomic E-state index is -0.757. The Morgan fingerprint density at radius 2 is 2.21 bits per heavy atom. The van der Waals surface area contributed by atoms with E-state index < -0.39 is 10.7 Å². The number of hydrogen-bond acceptors (Lipinski definition) is 4. The minimum Gasteiger partial charge on any atom is -0.379 e. The third-order valence-electron chi connectivity index (χ3n) is 2.28. The maximum absolute atomic E-state index is 13.3. The van der Waals surface area contributed by atoms with E-state index in [4.69, 9.17) is 11.6 Å². The maximum Gasteiger partial charge on any atom is 0.294 e.